The molecule has 0 bridgehead atoms. The number of nitrogens with zero attached hydrogens (tertiary/aromatic N) is 3. The number of hydrogen-bond acceptors (Lipinski definition) is 4. The lowest BCUT2D eigenvalue weighted by Gasteiger charge is -2.51. The third-order valence-corrected chi connectivity index (χ3v) is 4.75. The van der Waals surface area contributed by atoms with Crippen molar-refractivity contribution in [2.75, 3.05) is 51.9 Å². The first-order valence-electron chi connectivity index (χ1n) is 8.84. The summed E-state index contributed by atoms with van der Waals surface area (Å²) in [5.41, 5.74) is 1.23. The van der Waals surface area contributed by atoms with Crippen LogP contribution >= 0.6 is 11.6 Å². The molecule has 0 spiro atoms. The number of ether oxygens (including phenoxy) is 1. The second kappa shape index (κ2) is 8.52. The van der Waals surface area contributed by atoms with Crippen molar-refractivity contribution in [2.45, 2.75) is 33.4 Å². The van der Waals surface area contributed by atoms with Gasteiger partial charge in [0.25, 0.3) is 0 Å². The fourth-order valence-electron chi connectivity index (χ4n) is 3.50. The third kappa shape index (κ3) is 5.09. The van der Waals surface area contributed by atoms with Crippen LogP contribution in [0.25, 0.3) is 0 Å². The second-order valence-corrected chi connectivity index (χ2v) is 8.03. The lowest BCUT2D eigenvalue weighted by molar-refractivity contribution is -0.0666. The van der Waals surface area contributed by atoms with E-state index in [2.05, 4.69) is 61.7 Å². The van der Waals surface area contributed by atoms with E-state index in [1.807, 2.05) is 12.1 Å². The average Bonchev–Trinajstić information content (AvgIpc) is 2.50. The molecule has 0 amide bonds. The van der Waals surface area contributed by atoms with Crippen molar-refractivity contribution in [1.29, 1.82) is 0 Å². The minimum absolute atomic E-state index is 0.0615. The predicted octanol–water partition coefficient (Wildman–Crippen LogP) is 3.76. The zero-order valence-electron chi connectivity index (χ0n) is 15.8. The van der Waals surface area contributed by atoms with Crippen LogP contribution in [0.15, 0.2) is 24.3 Å². The maximum absolute atomic E-state index is 6.14. The van der Waals surface area contributed by atoms with E-state index in [0.717, 1.165) is 37.9 Å². The molecule has 2 rings (SSSR count). The van der Waals surface area contributed by atoms with Gasteiger partial charge in [-0.3, -0.25) is 4.90 Å². The molecule has 24 heavy (non-hydrogen) atoms. The smallest absolute Gasteiger partial charge is 0.137 e. The van der Waals surface area contributed by atoms with Crippen LogP contribution in [0.1, 0.15) is 27.2 Å². The molecule has 0 saturated carbocycles. The van der Waals surface area contributed by atoms with Gasteiger partial charge in [-0.2, -0.15) is 0 Å². The third-order valence-electron chi connectivity index (χ3n) is 4.50. The van der Waals surface area contributed by atoms with Crippen LogP contribution in [-0.4, -0.2) is 63.0 Å². The van der Waals surface area contributed by atoms with Crippen LogP contribution in [0.3, 0.4) is 0 Å². The molecule has 1 saturated heterocycles. The SMILES string of the molecule is CCOC1N(c2ccc(Cl)cc2)CN(CCCN(C)C)CC1(C)C. The molecule has 4 nitrogen and oxygen atoms in total. The van der Waals surface area contributed by atoms with Crippen molar-refractivity contribution >= 4 is 17.3 Å². The van der Waals surface area contributed by atoms with Gasteiger partial charge < -0.3 is 14.5 Å². The summed E-state index contributed by atoms with van der Waals surface area (Å²) < 4.78 is 6.14. The molecule has 136 valence electrons. The highest BCUT2D eigenvalue weighted by atomic mass is 35.5. The molecule has 0 N–H and O–H groups in total. The standard InChI is InChI=1S/C19H32ClN3O/c1-6-24-18-19(2,3)14-22(13-7-12-21(4)5)15-23(18)17-10-8-16(20)9-11-17/h8-11,18H,6-7,12-15H2,1-5H3. The summed E-state index contributed by atoms with van der Waals surface area (Å²) in [7, 11) is 4.26. The van der Waals surface area contributed by atoms with Gasteiger partial charge in [-0.25, -0.2) is 0 Å². The van der Waals surface area contributed by atoms with Gasteiger partial charge in [-0.15, -0.1) is 0 Å². The summed E-state index contributed by atoms with van der Waals surface area (Å²) in [6, 6.07) is 8.09. The largest absolute Gasteiger partial charge is 0.358 e. The lowest BCUT2D eigenvalue weighted by Crippen LogP contribution is -2.61. The van der Waals surface area contributed by atoms with Gasteiger partial charge in [0.1, 0.15) is 6.23 Å². The highest BCUT2D eigenvalue weighted by molar-refractivity contribution is 6.30. The van der Waals surface area contributed by atoms with Gasteiger partial charge in [0.2, 0.25) is 0 Å². The van der Waals surface area contributed by atoms with Crippen LogP contribution < -0.4 is 4.90 Å². The normalized spacial score (nSPS) is 21.5. The first-order valence-corrected chi connectivity index (χ1v) is 9.22. The molecule has 0 radical (unpaired) electrons. The molecule has 1 atom stereocenters. The van der Waals surface area contributed by atoms with Crippen molar-refractivity contribution < 1.29 is 4.74 Å². The van der Waals surface area contributed by atoms with E-state index in [9.17, 15) is 0 Å². The summed E-state index contributed by atoms with van der Waals surface area (Å²) in [6.07, 6.45) is 1.25. The zero-order chi connectivity index (χ0) is 17.7. The molecule has 1 aromatic carbocycles. The lowest BCUT2D eigenvalue weighted by atomic mass is 9.87. The van der Waals surface area contributed by atoms with Gasteiger partial charge in [0.05, 0.1) is 6.67 Å². The van der Waals surface area contributed by atoms with E-state index < -0.39 is 0 Å². The van der Waals surface area contributed by atoms with E-state index in [1.165, 1.54) is 12.1 Å². The average molecular weight is 354 g/mol. The zero-order valence-corrected chi connectivity index (χ0v) is 16.5. The number of hydrogen-bond donors (Lipinski definition) is 0. The number of anilines is 1. The Labute approximate surface area is 152 Å². The van der Waals surface area contributed by atoms with Crippen molar-refractivity contribution in [3.8, 4) is 0 Å². The fourth-order valence-corrected chi connectivity index (χ4v) is 3.63. The van der Waals surface area contributed by atoms with Gasteiger partial charge >= 0.3 is 0 Å². The van der Waals surface area contributed by atoms with E-state index in [0.29, 0.717) is 0 Å². The molecule has 1 heterocycles. The Kier molecular flexibility index (Phi) is 6.93. The predicted molar refractivity (Wildman–Crippen MR) is 103 cm³/mol. The van der Waals surface area contributed by atoms with Crippen LogP contribution in [0, 0.1) is 5.41 Å². The quantitative estimate of drug-likeness (QED) is 0.742. The molecule has 1 unspecified atom stereocenters. The van der Waals surface area contributed by atoms with Crippen LogP contribution in [0.2, 0.25) is 5.02 Å². The summed E-state index contributed by atoms with van der Waals surface area (Å²) in [6.45, 7) is 11.6. The molecule has 1 fully saturated rings. The van der Waals surface area contributed by atoms with Gasteiger partial charge in [0, 0.05) is 35.8 Å². The Balaban J connectivity index is 2.16. The second-order valence-electron chi connectivity index (χ2n) is 7.59. The van der Waals surface area contributed by atoms with Crippen molar-refractivity contribution in [3.05, 3.63) is 29.3 Å². The number of halogens is 1. The molecule has 1 aromatic rings. The van der Waals surface area contributed by atoms with Gasteiger partial charge in [-0.1, -0.05) is 25.4 Å². The topological polar surface area (TPSA) is 19.0 Å². The summed E-state index contributed by atoms with van der Waals surface area (Å²) in [4.78, 5) is 7.15. The Bertz CT molecular complexity index is 504. The molecule has 1 aliphatic heterocycles. The number of rotatable bonds is 7. The van der Waals surface area contributed by atoms with Crippen LogP contribution in [0.5, 0.6) is 0 Å². The van der Waals surface area contributed by atoms with Crippen LogP contribution in [-0.2, 0) is 4.74 Å². The highest BCUT2D eigenvalue weighted by Gasteiger charge is 2.41. The Hall–Kier alpha value is -0.810. The Morgan fingerprint density at radius 2 is 1.92 bits per heavy atom. The van der Waals surface area contributed by atoms with Gasteiger partial charge in [-0.05, 0) is 58.3 Å². The van der Waals surface area contributed by atoms with Gasteiger partial charge in [0.15, 0.2) is 0 Å². The molecular weight excluding hydrogens is 322 g/mol. The maximum Gasteiger partial charge on any atom is 0.137 e. The maximum atomic E-state index is 6.14. The van der Waals surface area contributed by atoms with Crippen LogP contribution in [0.4, 0.5) is 5.69 Å². The van der Waals surface area contributed by atoms with E-state index in [1.54, 1.807) is 0 Å². The Morgan fingerprint density at radius 3 is 2.50 bits per heavy atom. The molecule has 5 heteroatoms. The number of benzene rings is 1. The molecule has 1 aliphatic rings. The summed E-state index contributed by atoms with van der Waals surface area (Å²) in [5, 5.41) is 0.769. The summed E-state index contributed by atoms with van der Waals surface area (Å²) >= 11 is 6.07. The van der Waals surface area contributed by atoms with Crippen molar-refractivity contribution in [2.24, 2.45) is 5.41 Å². The fraction of sp³-hybridized carbons (Fsp3) is 0.684. The molecule has 0 aromatic heterocycles. The highest BCUT2D eigenvalue weighted by Crippen LogP contribution is 2.35. The van der Waals surface area contributed by atoms with Crippen molar-refractivity contribution in [3.63, 3.8) is 0 Å². The molecular formula is C19H32ClN3O. The minimum Gasteiger partial charge on any atom is -0.358 e. The first-order chi connectivity index (χ1) is 11.3. The monoisotopic (exact) mass is 353 g/mol. The first kappa shape index (κ1) is 19.5. The van der Waals surface area contributed by atoms with Crippen molar-refractivity contribution in [1.82, 2.24) is 9.80 Å². The molecule has 0 aliphatic carbocycles. The van der Waals surface area contributed by atoms with E-state index in [-0.39, 0.29) is 11.6 Å². The minimum atomic E-state index is 0.0615. The summed E-state index contributed by atoms with van der Waals surface area (Å²) in [5.74, 6) is 0. The van der Waals surface area contributed by atoms with E-state index >= 15 is 0 Å². The Morgan fingerprint density at radius 1 is 1.25 bits per heavy atom. The van der Waals surface area contributed by atoms with E-state index in [4.69, 9.17) is 16.3 Å².